The van der Waals surface area contributed by atoms with E-state index >= 15 is 4.39 Å². The monoisotopic (exact) mass is 341 g/mol. The molecule has 5 nitrogen and oxygen atoms in total. The predicted octanol–water partition coefficient (Wildman–Crippen LogP) is 2.20. The molecule has 3 aliphatic rings. The SMILES string of the molecule is C[C@@H]1COc2c(N3CC4=CCCNC4C3)c(F)cc3c(=O)ccn1c23. The van der Waals surface area contributed by atoms with Crippen LogP contribution < -0.4 is 20.4 Å². The molecule has 0 bridgehead atoms. The van der Waals surface area contributed by atoms with Crippen molar-refractivity contribution in [3.63, 3.8) is 0 Å². The normalized spacial score (nSPS) is 24.9. The van der Waals surface area contributed by atoms with Crippen LogP contribution in [0, 0.1) is 5.82 Å². The molecule has 1 aromatic carbocycles. The minimum absolute atomic E-state index is 0.111. The highest BCUT2D eigenvalue weighted by Gasteiger charge is 2.34. The topological polar surface area (TPSA) is 46.5 Å². The molecular formula is C19H20FN3O2. The number of benzene rings is 1. The van der Waals surface area contributed by atoms with Crippen molar-refractivity contribution in [3.8, 4) is 5.75 Å². The van der Waals surface area contributed by atoms with E-state index in [0.717, 1.165) is 19.5 Å². The molecule has 1 aromatic heterocycles. The van der Waals surface area contributed by atoms with Gasteiger partial charge in [0.05, 0.1) is 16.9 Å². The van der Waals surface area contributed by atoms with E-state index in [9.17, 15) is 4.79 Å². The summed E-state index contributed by atoms with van der Waals surface area (Å²) in [5, 5.41) is 3.88. The Kier molecular flexibility index (Phi) is 3.19. The van der Waals surface area contributed by atoms with Crippen LogP contribution in [0.1, 0.15) is 19.4 Å². The summed E-state index contributed by atoms with van der Waals surface area (Å²) in [6, 6.07) is 3.26. The predicted molar refractivity (Wildman–Crippen MR) is 95.1 cm³/mol. The van der Waals surface area contributed by atoms with Crippen LogP contribution in [-0.4, -0.2) is 36.9 Å². The summed E-state index contributed by atoms with van der Waals surface area (Å²) in [6.07, 6.45) is 5.06. The third-order valence-corrected chi connectivity index (χ3v) is 5.52. The Bertz CT molecular complexity index is 965. The van der Waals surface area contributed by atoms with Crippen LogP contribution in [0.5, 0.6) is 5.75 Å². The zero-order chi connectivity index (χ0) is 17.1. The molecule has 2 atom stereocenters. The van der Waals surface area contributed by atoms with Gasteiger partial charge in [0, 0.05) is 31.4 Å². The van der Waals surface area contributed by atoms with Gasteiger partial charge in [0.2, 0.25) is 0 Å². The second kappa shape index (κ2) is 5.33. The third-order valence-electron chi connectivity index (χ3n) is 5.52. The lowest BCUT2D eigenvalue weighted by molar-refractivity contribution is 0.247. The summed E-state index contributed by atoms with van der Waals surface area (Å²) in [4.78, 5) is 14.3. The molecule has 4 heterocycles. The number of hydrogen-bond acceptors (Lipinski definition) is 4. The summed E-state index contributed by atoms with van der Waals surface area (Å²) in [5.41, 5.74) is 2.33. The Hall–Kier alpha value is -2.34. The fourth-order valence-electron chi connectivity index (χ4n) is 4.27. The summed E-state index contributed by atoms with van der Waals surface area (Å²) in [6.45, 7) is 4.89. The van der Waals surface area contributed by atoms with E-state index < -0.39 is 0 Å². The highest BCUT2D eigenvalue weighted by atomic mass is 19.1. The first-order valence-corrected chi connectivity index (χ1v) is 8.81. The van der Waals surface area contributed by atoms with Crippen molar-refractivity contribution in [2.24, 2.45) is 0 Å². The van der Waals surface area contributed by atoms with E-state index in [4.69, 9.17) is 4.74 Å². The highest BCUT2D eigenvalue weighted by Crippen LogP contribution is 2.43. The van der Waals surface area contributed by atoms with Crippen LogP contribution >= 0.6 is 0 Å². The van der Waals surface area contributed by atoms with E-state index in [1.54, 1.807) is 6.20 Å². The van der Waals surface area contributed by atoms with Crippen LogP contribution in [0.25, 0.3) is 10.9 Å². The van der Waals surface area contributed by atoms with Gasteiger partial charge >= 0.3 is 0 Å². The molecule has 0 spiro atoms. The van der Waals surface area contributed by atoms with Gasteiger partial charge in [-0.25, -0.2) is 4.39 Å². The number of nitrogens with zero attached hydrogens (tertiary/aromatic N) is 2. The first-order valence-electron chi connectivity index (χ1n) is 8.81. The van der Waals surface area contributed by atoms with Crippen LogP contribution in [0.4, 0.5) is 10.1 Å². The first kappa shape index (κ1) is 15.0. The average molecular weight is 341 g/mol. The largest absolute Gasteiger partial charge is 0.487 e. The van der Waals surface area contributed by atoms with E-state index in [0.29, 0.717) is 35.5 Å². The van der Waals surface area contributed by atoms with Crippen LogP contribution in [0.2, 0.25) is 0 Å². The standard InChI is InChI=1S/C19H20FN3O2/c1-11-10-25-19-17-13(16(24)4-6-23(11)17)7-14(20)18(19)22-8-12-3-2-5-21-15(12)9-22/h3-4,6-7,11,15,21H,2,5,8-10H2,1H3/t11-,15?/m1/s1. The van der Waals surface area contributed by atoms with E-state index in [1.165, 1.54) is 17.7 Å². The van der Waals surface area contributed by atoms with Crippen molar-refractivity contribution in [1.29, 1.82) is 0 Å². The number of halogens is 1. The van der Waals surface area contributed by atoms with Gasteiger partial charge in [-0.15, -0.1) is 0 Å². The Morgan fingerprint density at radius 2 is 2.28 bits per heavy atom. The Balaban J connectivity index is 1.72. The molecule has 1 fully saturated rings. The average Bonchev–Trinajstić information content (AvgIpc) is 3.03. The fourth-order valence-corrected chi connectivity index (χ4v) is 4.27. The lowest BCUT2D eigenvalue weighted by atomic mass is 10.1. The van der Waals surface area contributed by atoms with Crippen molar-refractivity contribution >= 4 is 16.6 Å². The van der Waals surface area contributed by atoms with Gasteiger partial charge in [-0.1, -0.05) is 6.08 Å². The number of nitrogens with one attached hydrogen (secondary N) is 1. The molecule has 1 N–H and O–H groups in total. The van der Waals surface area contributed by atoms with Crippen molar-refractivity contribution in [2.75, 3.05) is 31.1 Å². The minimum Gasteiger partial charge on any atom is -0.487 e. The molecule has 1 saturated heterocycles. The van der Waals surface area contributed by atoms with Crippen LogP contribution in [0.3, 0.4) is 0 Å². The minimum atomic E-state index is -0.383. The van der Waals surface area contributed by atoms with E-state index in [1.807, 2.05) is 16.4 Å². The number of anilines is 1. The van der Waals surface area contributed by atoms with E-state index in [2.05, 4.69) is 11.4 Å². The Labute approximate surface area is 144 Å². The molecule has 130 valence electrons. The molecule has 6 heteroatoms. The molecule has 0 saturated carbocycles. The number of hydrogen-bond donors (Lipinski definition) is 1. The zero-order valence-corrected chi connectivity index (χ0v) is 14.1. The molecule has 5 rings (SSSR count). The number of rotatable bonds is 1. The molecule has 0 amide bonds. The smallest absolute Gasteiger partial charge is 0.189 e. The maximum atomic E-state index is 15.0. The van der Waals surface area contributed by atoms with Gasteiger partial charge in [0.25, 0.3) is 0 Å². The molecular weight excluding hydrogens is 321 g/mol. The Morgan fingerprint density at radius 1 is 1.40 bits per heavy atom. The van der Waals surface area contributed by atoms with Gasteiger partial charge in [-0.2, -0.15) is 0 Å². The Morgan fingerprint density at radius 3 is 3.12 bits per heavy atom. The maximum absolute atomic E-state index is 15.0. The van der Waals surface area contributed by atoms with Crippen molar-refractivity contribution in [3.05, 3.63) is 46.0 Å². The lowest BCUT2D eigenvalue weighted by Gasteiger charge is -2.30. The number of ether oxygens (including phenoxy) is 1. The lowest BCUT2D eigenvalue weighted by Crippen LogP contribution is -2.36. The zero-order valence-electron chi connectivity index (χ0n) is 14.1. The molecule has 3 aliphatic heterocycles. The first-order chi connectivity index (χ1) is 12.1. The van der Waals surface area contributed by atoms with Gasteiger partial charge in [0.1, 0.15) is 12.3 Å². The number of pyridine rings is 1. The quantitative estimate of drug-likeness (QED) is 0.808. The highest BCUT2D eigenvalue weighted by molar-refractivity contribution is 5.92. The summed E-state index contributed by atoms with van der Waals surface area (Å²) in [5.74, 6) is 0.121. The van der Waals surface area contributed by atoms with Gasteiger partial charge in [0.15, 0.2) is 17.0 Å². The van der Waals surface area contributed by atoms with Gasteiger partial charge in [-0.05, 0) is 31.5 Å². The molecule has 0 radical (unpaired) electrons. The second-order valence-electron chi connectivity index (χ2n) is 7.13. The fraction of sp³-hybridized carbons (Fsp3) is 0.421. The summed E-state index contributed by atoms with van der Waals surface area (Å²) in [7, 11) is 0. The van der Waals surface area contributed by atoms with Crippen molar-refractivity contribution < 1.29 is 9.13 Å². The van der Waals surface area contributed by atoms with Crippen LogP contribution in [0.15, 0.2) is 34.8 Å². The number of fused-ring (bicyclic) bond motifs is 1. The molecule has 2 aromatic rings. The number of aromatic nitrogens is 1. The molecule has 0 aliphatic carbocycles. The third kappa shape index (κ3) is 2.13. The van der Waals surface area contributed by atoms with Gasteiger partial charge in [-0.3, -0.25) is 4.79 Å². The van der Waals surface area contributed by atoms with Crippen molar-refractivity contribution in [1.82, 2.24) is 9.88 Å². The van der Waals surface area contributed by atoms with Crippen LogP contribution in [-0.2, 0) is 0 Å². The second-order valence-corrected chi connectivity index (χ2v) is 7.13. The summed E-state index contributed by atoms with van der Waals surface area (Å²) >= 11 is 0. The maximum Gasteiger partial charge on any atom is 0.189 e. The molecule has 1 unspecified atom stereocenters. The van der Waals surface area contributed by atoms with Crippen molar-refractivity contribution in [2.45, 2.75) is 25.4 Å². The van der Waals surface area contributed by atoms with E-state index in [-0.39, 0.29) is 23.3 Å². The molecule has 25 heavy (non-hydrogen) atoms. The summed E-state index contributed by atoms with van der Waals surface area (Å²) < 4.78 is 23.0. The van der Waals surface area contributed by atoms with Gasteiger partial charge < -0.3 is 19.5 Å².